The maximum absolute atomic E-state index is 13.2. The Morgan fingerprint density at radius 1 is 0.850 bits per heavy atom. The SMILES string of the molecule is O=C(Nc1ccc(SCC(=O)N2CCc3ccccc32)cc1)C(=Cc1ccc(Cl)cc1)NC(=O)c1ccccc1. The lowest BCUT2D eigenvalue weighted by Gasteiger charge is -2.17. The van der Waals surface area contributed by atoms with Gasteiger partial charge in [0.1, 0.15) is 5.70 Å². The zero-order valence-corrected chi connectivity index (χ0v) is 23.0. The Kier molecular flexibility index (Phi) is 8.64. The predicted octanol–water partition coefficient (Wildman–Crippen LogP) is 6.43. The second-order valence-electron chi connectivity index (χ2n) is 9.12. The Hall–Kier alpha value is -4.33. The van der Waals surface area contributed by atoms with Crippen LogP contribution in [0, 0.1) is 0 Å². The number of nitrogens with one attached hydrogen (secondary N) is 2. The number of hydrogen-bond acceptors (Lipinski definition) is 4. The van der Waals surface area contributed by atoms with Crippen LogP contribution >= 0.6 is 23.4 Å². The summed E-state index contributed by atoms with van der Waals surface area (Å²) in [4.78, 5) is 41.6. The van der Waals surface area contributed by atoms with Crippen molar-refractivity contribution >= 4 is 58.5 Å². The van der Waals surface area contributed by atoms with Crippen LogP contribution in [-0.2, 0) is 16.0 Å². The Balaban J connectivity index is 1.23. The van der Waals surface area contributed by atoms with Gasteiger partial charge in [0.15, 0.2) is 0 Å². The van der Waals surface area contributed by atoms with Gasteiger partial charge in [-0.15, -0.1) is 11.8 Å². The van der Waals surface area contributed by atoms with Gasteiger partial charge in [-0.1, -0.05) is 60.1 Å². The minimum atomic E-state index is -0.470. The van der Waals surface area contributed by atoms with Gasteiger partial charge in [0.25, 0.3) is 11.8 Å². The number of para-hydroxylation sites is 1. The third-order valence-corrected chi connectivity index (χ3v) is 7.62. The number of thioether (sulfide) groups is 1. The first-order chi connectivity index (χ1) is 19.5. The molecule has 0 radical (unpaired) electrons. The number of anilines is 2. The average Bonchev–Trinajstić information content (AvgIpc) is 3.42. The Bertz CT molecular complexity index is 1550. The average molecular weight is 568 g/mol. The topological polar surface area (TPSA) is 78.5 Å². The number of carbonyl (C=O) groups is 3. The summed E-state index contributed by atoms with van der Waals surface area (Å²) in [5, 5.41) is 6.14. The summed E-state index contributed by atoms with van der Waals surface area (Å²) in [5.74, 6) is -0.478. The van der Waals surface area contributed by atoms with E-state index in [1.807, 2.05) is 41.3 Å². The first-order valence-corrected chi connectivity index (χ1v) is 14.1. The zero-order valence-electron chi connectivity index (χ0n) is 21.5. The van der Waals surface area contributed by atoms with Crippen molar-refractivity contribution in [2.45, 2.75) is 11.3 Å². The molecular formula is C32H26ClN3O3S. The highest BCUT2D eigenvalue weighted by atomic mass is 35.5. The van der Waals surface area contributed by atoms with Crippen molar-refractivity contribution in [1.29, 1.82) is 0 Å². The lowest BCUT2D eigenvalue weighted by atomic mass is 10.1. The van der Waals surface area contributed by atoms with Gasteiger partial charge in [-0.25, -0.2) is 0 Å². The summed E-state index contributed by atoms with van der Waals surface area (Å²) in [7, 11) is 0. The van der Waals surface area contributed by atoms with Crippen LogP contribution < -0.4 is 15.5 Å². The van der Waals surface area contributed by atoms with Crippen molar-refractivity contribution in [1.82, 2.24) is 5.32 Å². The van der Waals surface area contributed by atoms with Gasteiger partial charge in [-0.2, -0.15) is 0 Å². The van der Waals surface area contributed by atoms with E-state index in [4.69, 9.17) is 11.6 Å². The molecule has 1 aliphatic rings. The molecule has 3 amide bonds. The number of nitrogens with zero attached hydrogens (tertiary/aromatic N) is 1. The fraction of sp³-hybridized carbons (Fsp3) is 0.0938. The highest BCUT2D eigenvalue weighted by Gasteiger charge is 2.24. The summed E-state index contributed by atoms with van der Waals surface area (Å²) < 4.78 is 0. The first-order valence-electron chi connectivity index (χ1n) is 12.7. The number of hydrogen-bond donors (Lipinski definition) is 2. The largest absolute Gasteiger partial charge is 0.321 e. The van der Waals surface area contributed by atoms with E-state index in [0.29, 0.717) is 34.1 Å². The van der Waals surface area contributed by atoms with E-state index in [9.17, 15) is 14.4 Å². The fourth-order valence-electron chi connectivity index (χ4n) is 4.32. The van der Waals surface area contributed by atoms with Crippen LogP contribution in [0.1, 0.15) is 21.5 Å². The Morgan fingerprint density at radius 2 is 1.55 bits per heavy atom. The first kappa shape index (κ1) is 27.2. The molecule has 0 atom stereocenters. The number of rotatable bonds is 8. The number of amides is 3. The molecule has 6 nitrogen and oxygen atoms in total. The van der Waals surface area contributed by atoms with E-state index < -0.39 is 11.8 Å². The van der Waals surface area contributed by atoms with Crippen LogP contribution in [0.25, 0.3) is 6.08 Å². The highest BCUT2D eigenvalue weighted by molar-refractivity contribution is 8.00. The molecule has 4 aromatic rings. The number of fused-ring (bicyclic) bond motifs is 1. The normalized spacial score (nSPS) is 12.5. The third-order valence-electron chi connectivity index (χ3n) is 6.37. The number of carbonyl (C=O) groups excluding carboxylic acids is 3. The lowest BCUT2D eigenvalue weighted by molar-refractivity contribution is -0.116. The van der Waals surface area contributed by atoms with Crippen molar-refractivity contribution in [2.75, 3.05) is 22.5 Å². The molecule has 200 valence electrons. The van der Waals surface area contributed by atoms with Crippen molar-refractivity contribution < 1.29 is 14.4 Å². The summed E-state index contributed by atoms with van der Waals surface area (Å²) in [6, 6.07) is 30.9. The molecule has 4 aromatic carbocycles. The van der Waals surface area contributed by atoms with Crippen molar-refractivity contribution in [3.8, 4) is 0 Å². The third kappa shape index (κ3) is 6.81. The van der Waals surface area contributed by atoms with E-state index in [-0.39, 0.29) is 11.6 Å². The summed E-state index contributed by atoms with van der Waals surface area (Å²) >= 11 is 7.45. The molecule has 1 heterocycles. The predicted molar refractivity (Wildman–Crippen MR) is 162 cm³/mol. The molecule has 0 bridgehead atoms. The van der Waals surface area contributed by atoms with Crippen molar-refractivity contribution in [3.05, 3.63) is 131 Å². The van der Waals surface area contributed by atoms with Crippen LogP contribution in [0.5, 0.6) is 0 Å². The van der Waals surface area contributed by atoms with Crippen LogP contribution in [0.3, 0.4) is 0 Å². The maximum Gasteiger partial charge on any atom is 0.272 e. The molecule has 0 aromatic heterocycles. The molecule has 0 aliphatic carbocycles. The second kappa shape index (κ2) is 12.7. The summed E-state index contributed by atoms with van der Waals surface area (Å²) in [6.07, 6.45) is 2.47. The molecule has 5 rings (SSSR count). The van der Waals surface area contributed by atoms with Gasteiger partial charge in [-0.3, -0.25) is 14.4 Å². The summed E-state index contributed by atoms with van der Waals surface area (Å²) in [5.41, 5.74) is 3.99. The van der Waals surface area contributed by atoms with Gasteiger partial charge in [0, 0.05) is 33.4 Å². The Morgan fingerprint density at radius 3 is 2.30 bits per heavy atom. The second-order valence-corrected chi connectivity index (χ2v) is 10.6. The molecule has 0 saturated carbocycles. The molecule has 1 aliphatic heterocycles. The molecule has 8 heteroatoms. The molecule has 2 N–H and O–H groups in total. The number of benzene rings is 4. The van der Waals surface area contributed by atoms with Gasteiger partial charge in [-0.05, 0) is 78.2 Å². The molecule has 0 saturated heterocycles. The lowest BCUT2D eigenvalue weighted by Crippen LogP contribution is -2.30. The fourth-order valence-corrected chi connectivity index (χ4v) is 5.22. The van der Waals surface area contributed by atoms with Crippen molar-refractivity contribution in [3.63, 3.8) is 0 Å². The summed E-state index contributed by atoms with van der Waals surface area (Å²) in [6.45, 7) is 0.705. The monoisotopic (exact) mass is 567 g/mol. The Labute approximate surface area is 242 Å². The smallest absolute Gasteiger partial charge is 0.272 e. The molecule has 0 spiro atoms. The maximum atomic E-state index is 13.2. The van der Waals surface area contributed by atoms with Gasteiger partial charge in [0.05, 0.1) is 5.75 Å². The minimum Gasteiger partial charge on any atom is -0.321 e. The van der Waals surface area contributed by atoms with E-state index in [0.717, 1.165) is 17.0 Å². The molecule has 0 fully saturated rings. The molecular weight excluding hydrogens is 542 g/mol. The van der Waals surface area contributed by atoms with E-state index in [1.54, 1.807) is 66.7 Å². The van der Waals surface area contributed by atoms with Gasteiger partial charge >= 0.3 is 0 Å². The van der Waals surface area contributed by atoms with Crippen LogP contribution in [0.4, 0.5) is 11.4 Å². The van der Waals surface area contributed by atoms with Crippen LogP contribution in [-0.4, -0.2) is 30.0 Å². The van der Waals surface area contributed by atoms with Crippen LogP contribution in [0.2, 0.25) is 5.02 Å². The highest BCUT2D eigenvalue weighted by Crippen LogP contribution is 2.29. The van der Waals surface area contributed by atoms with E-state index >= 15 is 0 Å². The molecule has 40 heavy (non-hydrogen) atoms. The van der Waals surface area contributed by atoms with E-state index in [2.05, 4.69) is 16.7 Å². The van der Waals surface area contributed by atoms with Gasteiger partial charge in [0.2, 0.25) is 5.91 Å². The number of halogens is 1. The van der Waals surface area contributed by atoms with Gasteiger partial charge < -0.3 is 15.5 Å². The van der Waals surface area contributed by atoms with Crippen molar-refractivity contribution in [2.24, 2.45) is 0 Å². The molecule has 0 unspecified atom stereocenters. The van der Waals surface area contributed by atoms with E-state index in [1.165, 1.54) is 17.3 Å². The zero-order chi connectivity index (χ0) is 27.9. The minimum absolute atomic E-state index is 0.0680. The quantitative estimate of drug-likeness (QED) is 0.190. The standard InChI is InChI=1S/C32H26ClN3O3S/c33-25-12-10-22(11-13-25)20-28(35-31(38)24-7-2-1-3-8-24)32(39)34-26-14-16-27(17-15-26)40-21-30(37)36-19-18-23-6-4-5-9-29(23)36/h1-17,20H,18-19,21H2,(H,34,39)(H,35,38). The van der Waals surface area contributed by atoms with Crippen LogP contribution in [0.15, 0.2) is 114 Å².